The van der Waals surface area contributed by atoms with Gasteiger partial charge in [0.05, 0.1) is 12.7 Å². The summed E-state index contributed by atoms with van der Waals surface area (Å²) in [6.07, 6.45) is 33.6. The second-order valence-electron chi connectivity index (χ2n) is 7.65. The van der Waals surface area contributed by atoms with Crippen molar-refractivity contribution in [2.75, 3.05) is 6.61 Å². The Bertz CT molecular complexity index is 591. The topological polar surface area (TPSA) is 35.5 Å². The van der Waals surface area contributed by atoms with Crippen LogP contribution >= 0.6 is 0 Å². The van der Waals surface area contributed by atoms with Gasteiger partial charge in [-0.1, -0.05) is 86.8 Å². The third kappa shape index (κ3) is 22.2. The van der Waals surface area contributed by atoms with E-state index in [2.05, 4.69) is 86.8 Å². The monoisotopic (exact) mass is 428 g/mol. The summed E-state index contributed by atoms with van der Waals surface area (Å²) in [5, 5.41) is 0. The molecule has 0 aromatic carbocycles. The first kappa shape index (κ1) is 28.7. The first-order valence-electron chi connectivity index (χ1n) is 11.8. The fourth-order valence-electron chi connectivity index (χ4n) is 2.58. The summed E-state index contributed by atoms with van der Waals surface area (Å²) < 4.78 is 10.2. The molecule has 0 aliphatic carbocycles. The molecule has 1 atom stereocenters. The van der Waals surface area contributed by atoms with Crippen molar-refractivity contribution in [2.24, 2.45) is 5.92 Å². The maximum Gasteiger partial charge on any atom is 0.508 e. The molecule has 0 saturated heterocycles. The van der Waals surface area contributed by atoms with Crippen LogP contribution in [-0.4, -0.2) is 18.9 Å². The van der Waals surface area contributed by atoms with Gasteiger partial charge in [-0.25, -0.2) is 4.79 Å². The van der Waals surface area contributed by atoms with E-state index in [0.717, 1.165) is 51.4 Å². The van der Waals surface area contributed by atoms with Crippen molar-refractivity contribution in [3.63, 3.8) is 0 Å². The smallest absolute Gasteiger partial charge is 0.434 e. The van der Waals surface area contributed by atoms with Gasteiger partial charge in [0.1, 0.15) is 0 Å². The van der Waals surface area contributed by atoms with Crippen molar-refractivity contribution in [3.8, 4) is 0 Å². The Morgan fingerprint density at radius 3 is 1.48 bits per heavy atom. The van der Waals surface area contributed by atoms with Crippen LogP contribution in [0.2, 0.25) is 0 Å². The zero-order chi connectivity index (χ0) is 23.0. The Hall–Kier alpha value is -2.29. The standard InChI is InChI=1S/C28H44O3/c1-5-7-8-9-10-11-12-13-14-15-16-17-18-19-20-21-22-23-24-27(6-2)25-30-28(29)31-26(3)4/h7-8,10-11,13-14,16-17,19-20,22-23,26-27H,5-6,9,12,15,18,21,24-25H2,1-4H3/b8-7-,11-10-,14-13-,17-16-,20-19-,23-22-. The summed E-state index contributed by atoms with van der Waals surface area (Å²) in [5.74, 6) is 0.337. The Morgan fingerprint density at radius 1 is 0.677 bits per heavy atom. The Balaban J connectivity index is 3.77. The largest absolute Gasteiger partial charge is 0.508 e. The van der Waals surface area contributed by atoms with E-state index >= 15 is 0 Å². The first-order valence-corrected chi connectivity index (χ1v) is 11.8. The highest BCUT2D eigenvalue weighted by molar-refractivity contribution is 5.60. The number of hydrogen-bond acceptors (Lipinski definition) is 3. The molecule has 0 saturated carbocycles. The van der Waals surface area contributed by atoms with E-state index in [9.17, 15) is 4.79 Å². The highest BCUT2D eigenvalue weighted by Crippen LogP contribution is 2.11. The van der Waals surface area contributed by atoms with Crippen LogP contribution in [0.1, 0.15) is 79.1 Å². The van der Waals surface area contributed by atoms with E-state index in [0.29, 0.717) is 12.5 Å². The SMILES string of the molecule is CC/C=C\C/C=C\C/C=C\C/C=C\C/C=C\C/C=C\CC(CC)COC(=O)OC(C)C. The molecule has 0 aliphatic rings. The van der Waals surface area contributed by atoms with Crippen LogP contribution < -0.4 is 0 Å². The van der Waals surface area contributed by atoms with Gasteiger partial charge in [0.2, 0.25) is 0 Å². The number of allylic oxidation sites excluding steroid dienone is 12. The minimum atomic E-state index is -0.573. The molecule has 3 nitrogen and oxygen atoms in total. The van der Waals surface area contributed by atoms with Gasteiger partial charge >= 0.3 is 6.16 Å². The van der Waals surface area contributed by atoms with Crippen LogP contribution in [-0.2, 0) is 9.47 Å². The molecule has 174 valence electrons. The van der Waals surface area contributed by atoms with Gasteiger partial charge in [-0.2, -0.15) is 0 Å². The fourth-order valence-corrected chi connectivity index (χ4v) is 2.58. The van der Waals surface area contributed by atoms with Crippen molar-refractivity contribution in [1.82, 2.24) is 0 Å². The highest BCUT2D eigenvalue weighted by atomic mass is 16.7. The van der Waals surface area contributed by atoms with Gasteiger partial charge in [0.25, 0.3) is 0 Å². The van der Waals surface area contributed by atoms with Crippen LogP contribution in [0.25, 0.3) is 0 Å². The van der Waals surface area contributed by atoms with Gasteiger partial charge in [0, 0.05) is 0 Å². The van der Waals surface area contributed by atoms with Crippen LogP contribution in [0.5, 0.6) is 0 Å². The molecule has 0 fully saturated rings. The van der Waals surface area contributed by atoms with Crippen LogP contribution in [0.4, 0.5) is 4.79 Å². The van der Waals surface area contributed by atoms with E-state index in [-0.39, 0.29) is 6.10 Å². The molecule has 0 N–H and O–H groups in total. The molecule has 0 amide bonds. The molecule has 0 heterocycles. The average molecular weight is 429 g/mol. The van der Waals surface area contributed by atoms with Gasteiger partial charge in [-0.3, -0.25) is 0 Å². The lowest BCUT2D eigenvalue weighted by Crippen LogP contribution is -2.17. The van der Waals surface area contributed by atoms with E-state index < -0.39 is 6.16 Å². The third-order valence-electron chi connectivity index (χ3n) is 4.41. The molecule has 0 spiro atoms. The van der Waals surface area contributed by atoms with Gasteiger partial charge in [-0.05, 0) is 71.1 Å². The van der Waals surface area contributed by atoms with Crippen molar-refractivity contribution < 1.29 is 14.3 Å². The van der Waals surface area contributed by atoms with E-state index in [1.165, 1.54) is 0 Å². The molecule has 0 rings (SSSR count). The zero-order valence-corrected chi connectivity index (χ0v) is 20.2. The second kappa shape index (κ2) is 22.4. The van der Waals surface area contributed by atoms with Crippen LogP contribution in [0.15, 0.2) is 72.9 Å². The normalized spacial score (nSPS) is 13.8. The van der Waals surface area contributed by atoms with Crippen molar-refractivity contribution in [1.29, 1.82) is 0 Å². The lowest BCUT2D eigenvalue weighted by atomic mass is 10.0. The van der Waals surface area contributed by atoms with Gasteiger partial charge in [-0.15, -0.1) is 0 Å². The van der Waals surface area contributed by atoms with Crippen molar-refractivity contribution >= 4 is 6.16 Å². The van der Waals surface area contributed by atoms with Crippen LogP contribution in [0, 0.1) is 5.92 Å². The summed E-state index contributed by atoms with van der Waals surface area (Å²) in [7, 11) is 0. The van der Waals surface area contributed by atoms with Crippen LogP contribution in [0.3, 0.4) is 0 Å². The number of rotatable bonds is 17. The molecule has 0 aromatic heterocycles. The number of carbonyl (C=O) groups excluding carboxylic acids is 1. The Labute approximate surface area is 191 Å². The minimum Gasteiger partial charge on any atom is -0.434 e. The maximum atomic E-state index is 11.4. The summed E-state index contributed by atoms with van der Waals surface area (Å²) in [6.45, 7) is 8.31. The quantitative estimate of drug-likeness (QED) is 0.172. The molecular weight excluding hydrogens is 384 g/mol. The summed E-state index contributed by atoms with van der Waals surface area (Å²) in [5.41, 5.74) is 0. The molecule has 31 heavy (non-hydrogen) atoms. The van der Waals surface area contributed by atoms with E-state index in [1.807, 2.05) is 13.8 Å². The molecule has 1 unspecified atom stereocenters. The van der Waals surface area contributed by atoms with E-state index in [4.69, 9.17) is 9.47 Å². The second-order valence-corrected chi connectivity index (χ2v) is 7.65. The van der Waals surface area contributed by atoms with Gasteiger partial charge in [0.15, 0.2) is 0 Å². The molecule has 0 radical (unpaired) electrons. The maximum absolute atomic E-state index is 11.4. The third-order valence-corrected chi connectivity index (χ3v) is 4.41. The molecule has 0 bridgehead atoms. The van der Waals surface area contributed by atoms with Crippen molar-refractivity contribution in [2.45, 2.75) is 85.2 Å². The zero-order valence-electron chi connectivity index (χ0n) is 20.2. The molecule has 0 aromatic rings. The molecule has 3 heteroatoms. The number of carbonyl (C=O) groups is 1. The van der Waals surface area contributed by atoms with Crippen molar-refractivity contribution in [3.05, 3.63) is 72.9 Å². The Kier molecular flexibility index (Phi) is 20.7. The Morgan fingerprint density at radius 2 is 1.10 bits per heavy atom. The molecular formula is C28H44O3. The summed E-state index contributed by atoms with van der Waals surface area (Å²) in [4.78, 5) is 11.4. The summed E-state index contributed by atoms with van der Waals surface area (Å²) in [6, 6.07) is 0. The number of ether oxygens (including phenoxy) is 2. The predicted molar refractivity (Wildman–Crippen MR) is 134 cm³/mol. The summed E-state index contributed by atoms with van der Waals surface area (Å²) >= 11 is 0. The lowest BCUT2D eigenvalue weighted by Gasteiger charge is -2.14. The molecule has 0 aliphatic heterocycles. The van der Waals surface area contributed by atoms with E-state index in [1.54, 1.807) is 0 Å². The highest BCUT2D eigenvalue weighted by Gasteiger charge is 2.10. The predicted octanol–water partition coefficient (Wildman–Crippen LogP) is 8.66. The fraction of sp³-hybridized carbons (Fsp3) is 0.536. The number of hydrogen-bond donors (Lipinski definition) is 0. The van der Waals surface area contributed by atoms with Gasteiger partial charge < -0.3 is 9.47 Å². The first-order chi connectivity index (χ1) is 15.1. The minimum absolute atomic E-state index is 0.143. The lowest BCUT2D eigenvalue weighted by molar-refractivity contribution is 0.0253. The average Bonchev–Trinajstić information content (AvgIpc) is 2.74.